The van der Waals surface area contributed by atoms with Crippen LogP contribution < -0.4 is 5.32 Å². The first-order valence-electron chi connectivity index (χ1n) is 12.8. The molecule has 34 heavy (non-hydrogen) atoms. The van der Waals surface area contributed by atoms with E-state index in [9.17, 15) is 15.0 Å². The number of aromatic hydroxyl groups is 2. The molecular weight excluding hydrogens is 424 g/mol. The van der Waals surface area contributed by atoms with Gasteiger partial charge in [-0.05, 0) is 90.4 Å². The Balaban J connectivity index is 1.36. The number of benzene rings is 2. The summed E-state index contributed by atoms with van der Waals surface area (Å²) >= 11 is 0. The lowest BCUT2D eigenvalue weighted by molar-refractivity contribution is -0.126. The summed E-state index contributed by atoms with van der Waals surface area (Å²) in [5.41, 5.74) is 3.60. The van der Waals surface area contributed by atoms with Gasteiger partial charge < -0.3 is 20.4 Å². The van der Waals surface area contributed by atoms with Crippen LogP contribution in [0.3, 0.4) is 0 Å². The second-order valence-corrected chi connectivity index (χ2v) is 11.1. The number of carbonyl (C=O) groups is 1. The maximum absolute atomic E-state index is 13.2. The van der Waals surface area contributed by atoms with E-state index >= 15 is 0 Å². The predicted octanol–water partition coefficient (Wildman–Crippen LogP) is 4.64. The fourth-order valence-electron chi connectivity index (χ4n) is 5.74. The SMILES string of the molecule is CC(C)[C@@H](CN1CC[C@@](C)(c2cccc(O)c2)[C@@H](C)C1)NC(=O)[C@H]1CCc2cc(O)ccc2C1. The number of phenolic OH excluding ortho intramolecular Hbond substituents is 2. The molecule has 0 spiro atoms. The van der Waals surface area contributed by atoms with Gasteiger partial charge in [-0.1, -0.05) is 45.9 Å². The highest BCUT2D eigenvalue weighted by molar-refractivity contribution is 5.79. The first-order valence-corrected chi connectivity index (χ1v) is 12.8. The minimum atomic E-state index is -0.00683. The second-order valence-electron chi connectivity index (χ2n) is 11.1. The second kappa shape index (κ2) is 9.99. The fourth-order valence-corrected chi connectivity index (χ4v) is 5.74. The molecule has 1 aliphatic heterocycles. The van der Waals surface area contributed by atoms with E-state index in [-0.39, 0.29) is 23.3 Å². The number of nitrogens with zero attached hydrogens (tertiary/aromatic N) is 1. The molecule has 5 heteroatoms. The summed E-state index contributed by atoms with van der Waals surface area (Å²) in [4.78, 5) is 15.7. The van der Waals surface area contributed by atoms with Crippen LogP contribution in [0.1, 0.15) is 57.2 Å². The van der Waals surface area contributed by atoms with Crippen LogP contribution in [0.15, 0.2) is 42.5 Å². The van der Waals surface area contributed by atoms with Crippen LogP contribution in [0.25, 0.3) is 0 Å². The first kappa shape index (κ1) is 24.6. The number of hydrogen-bond acceptors (Lipinski definition) is 4. The van der Waals surface area contributed by atoms with Crippen LogP contribution in [0.4, 0.5) is 0 Å². The number of fused-ring (bicyclic) bond motifs is 1. The molecule has 2 aliphatic rings. The van der Waals surface area contributed by atoms with Crippen molar-refractivity contribution in [2.24, 2.45) is 17.8 Å². The van der Waals surface area contributed by atoms with Crippen molar-refractivity contribution in [3.05, 3.63) is 59.2 Å². The molecule has 1 aliphatic carbocycles. The van der Waals surface area contributed by atoms with Crippen molar-refractivity contribution in [1.82, 2.24) is 10.2 Å². The molecule has 0 saturated carbocycles. The third-order valence-electron chi connectivity index (χ3n) is 8.45. The third-order valence-corrected chi connectivity index (χ3v) is 8.45. The van der Waals surface area contributed by atoms with Crippen molar-refractivity contribution >= 4 is 5.91 Å². The van der Waals surface area contributed by atoms with Crippen molar-refractivity contribution in [3.63, 3.8) is 0 Å². The summed E-state index contributed by atoms with van der Waals surface area (Å²) in [6.45, 7) is 11.8. The number of aryl methyl sites for hydroxylation is 1. The standard InChI is InChI=1S/C29H40N2O3/c1-19(2)27(30-28(34)23-9-8-22-15-26(33)11-10-21(22)14-23)18-31-13-12-29(4,20(3)17-31)24-6-5-7-25(32)16-24/h5-7,10-11,15-16,19-20,23,27,32-33H,8-9,12-14,17-18H2,1-4H3,(H,30,34)/t20-,23-,27+,29+/m0/s1. The van der Waals surface area contributed by atoms with Gasteiger partial charge in [0.15, 0.2) is 0 Å². The number of piperidine rings is 1. The zero-order chi connectivity index (χ0) is 24.5. The molecule has 1 saturated heterocycles. The molecule has 1 heterocycles. The average Bonchev–Trinajstić information content (AvgIpc) is 2.80. The molecule has 1 fully saturated rings. The van der Waals surface area contributed by atoms with Crippen molar-refractivity contribution in [2.75, 3.05) is 19.6 Å². The number of nitrogens with one attached hydrogen (secondary N) is 1. The number of phenols is 2. The van der Waals surface area contributed by atoms with E-state index in [4.69, 9.17) is 0 Å². The van der Waals surface area contributed by atoms with Crippen LogP contribution in [0.2, 0.25) is 0 Å². The van der Waals surface area contributed by atoms with Crippen molar-refractivity contribution in [2.45, 2.75) is 64.8 Å². The Morgan fingerprint density at radius 1 is 1.15 bits per heavy atom. The average molecular weight is 465 g/mol. The van der Waals surface area contributed by atoms with Crippen molar-refractivity contribution in [3.8, 4) is 11.5 Å². The minimum absolute atomic E-state index is 0.00683. The Morgan fingerprint density at radius 3 is 2.62 bits per heavy atom. The van der Waals surface area contributed by atoms with Gasteiger partial charge >= 0.3 is 0 Å². The van der Waals surface area contributed by atoms with Gasteiger partial charge in [-0.25, -0.2) is 0 Å². The van der Waals surface area contributed by atoms with Gasteiger partial charge in [-0.3, -0.25) is 4.79 Å². The Labute approximate surface area is 204 Å². The van der Waals surface area contributed by atoms with Crippen LogP contribution in [0, 0.1) is 17.8 Å². The highest BCUT2D eigenvalue weighted by Crippen LogP contribution is 2.40. The molecule has 3 N–H and O–H groups in total. The van der Waals surface area contributed by atoms with E-state index in [1.807, 2.05) is 24.3 Å². The number of amides is 1. The number of likely N-dealkylation sites (tertiary alicyclic amines) is 1. The number of carbonyl (C=O) groups excluding carboxylic acids is 1. The Bertz CT molecular complexity index is 1020. The maximum Gasteiger partial charge on any atom is 0.223 e. The zero-order valence-corrected chi connectivity index (χ0v) is 21.1. The molecular formula is C29H40N2O3. The normalized spacial score (nSPS) is 26.1. The van der Waals surface area contributed by atoms with Crippen molar-refractivity contribution in [1.29, 1.82) is 0 Å². The summed E-state index contributed by atoms with van der Waals surface area (Å²) in [6, 6.07) is 13.3. The molecule has 0 radical (unpaired) electrons. The van der Waals surface area contributed by atoms with E-state index in [1.54, 1.807) is 12.1 Å². The van der Waals surface area contributed by atoms with Crippen LogP contribution in [0.5, 0.6) is 11.5 Å². The topological polar surface area (TPSA) is 72.8 Å². The highest BCUT2D eigenvalue weighted by Gasteiger charge is 2.39. The molecule has 2 aromatic carbocycles. The quantitative estimate of drug-likeness (QED) is 0.582. The number of hydrogen-bond donors (Lipinski definition) is 3. The lowest BCUT2D eigenvalue weighted by Crippen LogP contribution is -2.54. The molecule has 4 atom stereocenters. The number of rotatable bonds is 6. The fraction of sp³-hybridized carbons (Fsp3) is 0.552. The first-order chi connectivity index (χ1) is 16.2. The highest BCUT2D eigenvalue weighted by atomic mass is 16.3. The molecule has 0 unspecified atom stereocenters. The molecule has 2 aromatic rings. The lowest BCUT2D eigenvalue weighted by Gasteiger charge is -2.46. The van der Waals surface area contributed by atoms with Gasteiger partial charge in [-0.15, -0.1) is 0 Å². The van der Waals surface area contributed by atoms with E-state index in [2.05, 4.69) is 44.0 Å². The van der Waals surface area contributed by atoms with Gasteiger partial charge in [0.1, 0.15) is 11.5 Å². The molecule has 1 amide bonds. The van der Waals surface area contributed by atoms with E-state index < -0.39 is 0 Å². The van der Waals surface area contributed by atoms with Gasteiger partial charge in [0.05, 0.1) is 0 Å². The molecule has 4 rings (SSSR count). The summed E-state index contributed by atoms with van der Waals surface area (Å²) < 4.78 is 0. The minimum Gasteiger partial charge on any atom is -0.508 e. The lowest BCUT2D eigenvalue weighted by atomic mass is 9.68. The molecule has 0 bridgehead atoms. The molecule has 5 nitrogen and oxygen atoms in total. The monoisotopic (exact) mass is 464 g/mol. The van der Waals surface area contributed by atoms with Gasteiger partial charge in [0.2, 0.25) is 5.91 Å². The Morgan fingerprint density at radius 2 is 1.91 bits per heavy atom. The molecule has 184 valence electrons. The smallest absolute Gasteiger partial charge is 0.223 e. The Kier molecular flexibility index (Phi) is 7.22. The van der Waals surface area contributed by atoms with Gasteiger partial charge in [-0.2, -0.15) is 0 Å². The van der Waals surface area contributed by atoms with Gasteiger partial charge in [0.25, 0.3) is 0 Å². The van der Waals surface area contributed by atoms with E-state index in [1.165, 1.54) is 16.7 Å². The van der Waals surface area contributed by atoms with Gasteiger partial charge in [0, 0.05) is 25.0 Å². The summed E-state index contributed by atoms with van der Waals surface area (Å²) in [5, 5.41) is 23.1. The third kappa shape index (κ3) is 5.25. The summed E-state index contributed by atoms with van der Waals surface area (Å²) in [7, 11) is 0. The van der Waals surface area contributed by atoms with Crippen LogP contribution >= 0.6 is 0 Å². The Hall–Kier alpha value is -2.53. The van der Waals surface area contributed by atoms with E-state index in [0.29, 0.717) is 23.3 Å². The van der Waals surface area contributed by atoms with E-state index in [0.717, 1.165) is 45.3 Å². The van der Waals surface area contributed by atoms with Crippen LogP contribution in [-0.2, 0) is 23.1 Å². The predicted molar refractivity (Wildman–Crippen MR) is 136 cm³/mol. The largest absolute Gasteiger partial charge is 0.508 e. The maximum atomic E-state index is 13.2. The zero-order valence-electron chi connectivity index (χ0n) is 21.1. The van der Waals surface area contributed by atoms with Crippen LogP contribution in [-0.4, -0.2) is 46.7 Å². The van der Waals surface area contributed by atoms with Crippen molar-refractivity contribution < 1.29 is 15.0 Å². The summed E-state index contributed by atoms with van der Waals surface area (Å²) in [6.07, 6.45) is 3.44. The summed E-state index contributed by atoms with van der Waals surface area (Å²) in [5.74, 6) is 1.58. The molecule has 0 aromatic heterocycles.